The molecule has 2 nitrogen and oxygen atoms in total. The van der Waals surface area contributed by atoms with E-state index < -0.39 is 0 Å². The Balaban J connectivity index is 2.25. The number of nitrogens with one attached hydrogen (secondary N) is 1. The fraction of sp³-hybridized carbons (Fsp3) is 0.857. The number of carbonyl (C=O) groups excluding carboxylic acids is 1. The molecule has 0 aromatic carbocycles. The minimum Gasteiger partial charge on any atom is -0.359 e. The van der Waals surface area contributed by atoms with Gasteiger partial charge in [-0.2, -0.15) is 0 Å². The molecule has 1 unspecified atom stereocenters. The average Bonchev–Trinajstić information content (AvgIpc) is 2.64. The van der Waals surface area contributed by atoms with Gasteiger partial charge in [0.1, 0.15) is 0 Å². The second-order valence-corrected chi connectivity index (χ2v) is 2.62. The molecule has 1 aliphatic carbocycles. The highest BCUT2D eigenvalue weighted by molar-refractivity contribution is 5.81. The Morgan fingerprint density at radius 1 is 1.78 bits per heavy atom. The molecule has 1 fully saturated rings. The predicted octanol–water partition coefficient (Wildman–Crippen LogP) is 0.778. The van der Waals surface area contributed by atoms with Crippen molar-refractivity contribution in [2.45, 2.75) is 19.8 Å². The molecule has 1 saturated carbocycles. The van der Waals surface area contributed by atoms with E-state index in [-0.39, 0.29) is 5.91 Å². The van der Waals surface area contributed by atoms with Crippen LogP contribution in [0.5, 0.6) is 0 Å². The third-order valence-corrected chi connectivity index (χ3v) is 2.03. The number of carbonyl (C=O) groups is 1. The highest BCUT2D eigenvalue weighted by atomic mass is 16.1. The Labute approximate surface area is 55.6 Å². The Bertz CT molecular complexity index is 122. The maximum atomic E-state index is 10.8. The van der Waals surface area contributed by atoms with Crippen LogP contribution in [0.25, 0.3) is 0 Å². The molecule has 2 heteroatoms. The van der Waals surface area contributed by atoms with Gasteiger partial charge in [0.05, 0.1) is 0 Å². The van der Waals surface area contributed by atoms with E-state index >= 15 is 0 Å². The molecule has 9 heavy (non-hydrogen) atoms. The van der Waals surface area contributed by atoms with Crippen molar-refractivity contribution >= 4 is 5.91 Å². The van der Waals surface area contributed by atoms with Crippen molar-refractivity contribution in [1.29, 1.82) is 0 Å². The van der Waals surface area contributed by atoms with Crippen molar-refractivity contribution < 1.29 is 4.79 Å². The summed E-state index contributed by atoms with van der Waals surface area (Å²) in [7, 11) is 1.70. The van der Waals surface area contributed by atoms with Gasteiger partial charge in [-0.1, -0.05) is 13.3 Å². The van der Waals surface area contributed by atoms with Crippen LogP contribution in [-0.4, -0.2) is 13.0 Å². The molecule has 0 aromatic heterocycles. The zero-order valence-corrected chi connectivity index (χ0v) is 5.98. The topological polar surface area (TPSA) is 29.1 Å². The summed E-state index contributed by atoms with van der Waals surface area (Å²) in [5.41, 5.74) is 0. The minimum absolute atomic E-state index is 0.224. The van der Waals surface area contributed by atoms with Gasteiger partial charge in [-0.15, -0.1) is 0 Å². The largest absolute Gasteiger partial charge is 0.359 e. The van der Waals surface area contributed by atoms with Gasteiger partial charge in [0.2, 0.25) is 5.91 Å². The van der Waals surface area contributed by atoms with Gasteiger partial charge in [-0.25, -0.2) is 0 Å². The summed E-state index contributed by atoms with van der Waals surface area (Å²) in [4.78, 5) is 10.8. The minimum atomic E-state index is 0.224. The monoisotopic (exact) mass is 127 g/mol. The first-order valence-corrected chi connectivity index (χ1v) is 3.51. The van der Waals surface area contributed by atoms with Gasteiger partial charge in [-0.3, -0.25) is 4.79 Å². The van der Waals surface area contributed by atoms with Gasteiger partial charge < -0.3 is 5.32 Å². The van der Waals surface area contributed by atoms with Crippen LogP contribution in [0.2, 0.25) is 0 Å². The molecule has 0 radical (unpaired) electrons. The van der Waals surface area contributed by atoms with Crippen LogP contribution >= 0.6 is 0 Å². The van der Waals surface area contributed by atoms with Crippen LogP contribution in [0, 0.1) is 11.8 Å². The highest BCUT2D eigenvalue weighted by Crippen LogP contribution is 2.40. The van der Waals surface area contributed by atoms with E-state index in [2.05, 4.69) is 12.2 Å². The quantitative estimate of drug-likeness (QED) is 0.583. The van der Waals surface area contributed by atoms with Crippen molar-refractivity contribution in [3.8, 4) is 0 Å². The maximum absolute atomic E-state index is 10.8. The summed E-state index contributed by atoms with van der Waals surface area (Å²) in [6.07, 6.45) is 2.26. The molecule has 1 rings (SSSR count). The first kappa shape index (κ1) is 6.59. The molecule has 1 N–H and O–H groups in total. The van der Waals surface area contributed by atoms with Crippen LogP contribution in [0.15, 0.2) is 0 Å². The SMILES string of the molecule is CC[C@@H]1CC1C(=O)NC. The lowest BCUT2D eigenvalue weighted by Crippen LogP contribution is -2.20. The number of amides is 1. The lowest BCUT2D eigenvalue weighted by Gasteiger charge is -1.93. The van der Waals surface area contributed by atoms with E-state index in [0.29, 0.717) is 11.8 Å². The summed E-state index contributed by atoms with van der Waals surface area (Å²) in [6, 6.07) is 0. The van der Waals surface area contributed by atoms with Crippen LogP contribution in [-0.2, 0) is 4.79 Å². The first-order chi connectivity index (χ1) is 4.29. The van der Waals surface area contributed by atoms with Crippen LogP contribution in [0.4, 0.5) is 0 Å². The van der Waals surface area contributed by atoms with Gasteiger partial charge in [0, 0.05) is 13.0 Å². The lowest BCUT2D eigenvalue weighted by molar-refractivity contribution is -0.122. The third kappa shape index (κ3) is 1.23. The molecule has 0 aromatic rings. The fourth-order valence-corrected chi connectivity index (χ4v) is 1.21. The van der Waals surface area contributed by atoms with Gasteiger partial charge in [0.25, 0.3) is 0 Å². The molecule has 1 aliphatic rings. The smallest absolute Gasteiger partial charge is 0.223 e. The second kappa shape index (κ2) is 2.38. The molecule has 0 heterocycles. The number of hydrogen-bond donors (Lipinski definition) is 1. The van der Waals surface area contributed by atoms with Gasteiger partial charge >= 0.3 is 0 Å². The molecule has 0 saturated heterocycles. The van der Waals surface area contributed by atoms with Crippen molar-refractivity contribution in [1.82, 2.24) is 5.32 Å². The zero-order chi connectivity index (χ0) is 6.85. The van der Waals surface area contributed by atoms with E-state index in [1.165, 1.54) is 0 Å². The van der Waals surface area contributed by atoms with Crippen LogP contribution in [0.3, 0.4) is 0 Å². The summed E-state index contributed by atoms with van der Waals surface area (Å²) in [5.74, 6) is 1.26. The highest BCUT2D eigenvalue weighted by Gasteiger charge is 2.40. The maximum Gasteiger partial charge on any atom is 0.223 e. The lowest BCUT2D eigenvalue weighted by atomic mass is 10.2. The summed E-state index contributed by atoms with van der Waals surface area (Å²) >= 11 is 0. The first-order valence-electron chi connectivity index (χ1n) is 3.51. The molecule has 0 spiro atoms. The van der Waals surface area contributed by atoms with Crippen molar-refractivity contribution in [3.05, 3.63) is 0 Å². The molecule has 2 atom stereocenters. The number of rotatable bonds is 2. The van der Waals surface area contributed by atoms with Gasteiger partial charge in [-0.05, 0) is 12.3 Å². The Morgan fingerprint density at radius 2 is 2.44 bits per heavy atom. The summed E-state index contributed by atoms with van der Waals surface area (Å²) < 4.78 is 0. The normalized spacial score (nSPS) is 31.8. The Kier molecular flexibility index (Phi) is 1.74. The summed E-state index contributed by atoms with van der Waals surface area (Å²) in [5, 5.41) is 2.65. The molecule has 0 bridgehead atoms. The molecule has 1 amide bonds. The second-order valence-electron chi connectivity index (χ2n) is 2.62. The Hall–Kier alpha value is -0.530. The van der Waals surface area contributed by atoms with Crippen molar-refractivity contribution in [2.24, 2.45) is 11.8 Å². The predicted molar refractivity (Wildman–Crippen MR) is 36.0 cm³/mol. The molecular formula is C7H13NO. The summed E-state index contributed by atoms with van der Waals surface area (Å²) in [6.45, 7) is 2.13. The Morgan fingerprint density at radius 3 is 2.78 bits per heavy atom. The molecule has 0 aliphatic heterocycles. The standard InChI is InChI=1S/C7H13NO/c1-3-5-4-6(5)7(9)8-2/h5-6H,3-4H2,1-2H3,(H,8,9)/t5-,6?/m1/s1. The molecular weight excluding hydrogens is 114 g/mol. The van der Waals surface area contributed by atoms with Gasteiger partial charge in [0.15, 0.2) is 0 Å². The van der Waals surface area contributed by atoms with E-state index in [9.17, 15) is 4.79 Å². The third-order valence-electron chi connectivity index (χ3n) is 2.03. The fourth-order valence-electron chi connectivity index (χ4n) is 1.21. The average molecular weight is 127 g/mol. The van der Waals surface area contributed by atoms with E-state index in [0.717, 1.165) is 12.8 Å². The van der Waals surface area contributed by atoms with E-state index in [1.54, 1.807) is 7.05 Å². The number of hydrogen-bond acceptors (Lipinski definition) is 1. The molecule has 52 valence electrons. The zero-order valence-electron chi connectivity index (χ0n) is 5.98. The van der Waals surface area contributed by atoms with E-state index in [4.69, 9.17) is 0 Å². The van der Waals surface area contributed by atoms with Crippen LogP contribution in [0.1, 0.15) is 19.8 Å². The van der Waals surface area contributed by atoms with Crippen molar-refractivity contribution in [2.75, 3.05) is 7.05 Å². The van der Waals surface area contributed by atoms with Crippen LogP contribution < -0.4 is 5.32 Å². The van der Waals surface area contributed by atoms with E-state index in [1.807, 2.05) is 0 Å². The van der Waals surface area contributed by atoms with Crippen molar-refractivity contribution in [3.63, 3.8) is 0 Å².